The summed E-state index contributed by atoms with van der Waals surface area (Å²) < 4.78 is 36.5. The zero-order valence-corrected chi connectivity index (χ0v) is 22.4. The fourth-order valence-corrected chi connectivity index (χ4v) is 3.68. The number of nitrogens with one attached hydrogen (secondary N) is 2. The average Bonchev–Trinajstić information content (AvgIpc) is 2.92. The van der Waals surface area contributed by atoms with Crippen molar-refractivity contribution in [1.29, 1.82) is 0 Å². The lowest BCUT2D eigenvalue weighted by atomic mass is 10.1. The Bertz CT molecular complexity index is 1460. The summed E-state index contributed by atoms with van der Waals surface area (Å²) in [5.41, 5.74) is 11.0. The van der Waals surface area contributed by atoms with Crippen LogP contribution in [0.5, 0.6) is 23.0 Å². The Hall–Kier alpha value is -4.91. The smallest absolute Gasteiger partial charge is 0.320 e. The molecule has 1 aromatic heterocycles. The number of aromatic nitrogens is 1. The van der Waals surface area contributed by atoms with Crippen molar-refractivity contribution in [2.75, 3.05) is 32.6 Å². The lowest BCUT2D eigenvalue weighted by molar-refractivity contribution is -0.146. The zero-order valence-electron chi connectivity index (χ0n) is 22.4. The van der Waals surface area contributed by atoms with Crippen LogP contribution in [0, 0.1) is 5.82 Å². The minimum atomic E-state index is -1.01. The highest BCUT2D eigenvalue weighted by Gasteiger charge is 2.21. The molecular weight excluding hydrogens is 525 g/mol. The molecule has 40 heavy (non-hydrogen) atoms. The van der Waals surface area contributed by atoms with E-state index in [1.807, 2.05) is 0 Å². The van der Waals surface area contributed by atoms with Gasteiger partial charge in [0, 0.05) is 35.1 Å². The van der Waals surface area contributed by atoms with E-state index < -0.39 is 29.7 Å². The second kappa shape index (κ2) is 13.2. The molecule has 1 atom stereocenters. The topological polar surface area (TPSA) is 177 Å². The number of hydrogen-bond acceptors (Lipinski definition) is 10. The van der Waals surface area contributed by atoms with Gasteiger partial charge in [-0.2, -0.15) is 0 Å². The number of primary amides is 1. The third-order valence-electron chi connectivity index (χ3n) is 5.62. The number of benzene rings is 2. The molecule has 12 nitrogen and oxygen atoms in total. The maximum absolute atomic E-state index is 15.0. The number of allylic oxidation sites excluding steroid dienone is 1. The number of pyridine rings is 1. The lowest BCUT2D eigenvalue weighted by Gasteiger charge is -2.16. The van der Waals surface area contributed by atoms with E-state index in [-0.39, 0.29) is 35.8 Å². The number of esters is 1. The number of hydrogen-bond donors (Lipinski definition) is 4. The monoisotopic (exact) mass is 555 g/mol. The summed E-state index contributed by atoms with van der Waals surface area (Å²) >= 11 is 0. The van der Waals surface area contributed by atoms with Crippen molar-refractivity contribution in [2.24, 2.45) is 11.5 Å². The number of carbonyl (C=O) groups excluding carboxylic acids is 3. The van der Waals surface area contributed by atoms with E-state index in [2.05, 4.69) is 15.6 Å². The van der Waals surface area contributed by atoms with E-state index in [1.54, 1.807) is 25.1 Å². The van der Waals surface area contributed by atoms with E-state index in [0.29, 0.717) is 28.2 Å². The molecule has 3 rings (SSSR count). The molecule has 0 aliphatic heterocycles. The van der Waals surface area contributed by atoms with Crippen molar-refractivity contribution in [3.8, 4) is 23.0 Å². The van der Waals surface area contributed by atoms with E-state index in [9.17, 15) is 14.4 Å². The molecular formula is C27H30FN5O7. The zero-order chi connectivity index (χ0) is 29.4. The first kappa shape index (κ1) is 29.6. The Labute approximate surface area is 229 Å². The molecule has 2 aromatic carbocycles. The van der Waals surface area contributed by atoms with Crippen LogP contribution in [-0.4, -0.2) is 56.2 Å². The van der Waals surface area contributed by atoms with Crippen LogP contribution in [0.15, 0.2) is 53.9 Å². The summed E-state index contributed by atoms with van der Waals surface area (Å²) in [7, 11) is 2.99. The van der Waals surface area contributed by atoms with Crippen molar-refractivity contribution >= 4 is 34.4 Å². The van der Waals surface area contributed by atoms with Gasteiger partial charge in [-0.15, -0.1) is 0 Å². The lowest BCUT2D eigenvalue weighted by Crippen LogP contribution is -2.34. The highest BCUT2D eigenvalue weighted by molar-refractivity contribution is 6.22. The maximum atomic E-state index is 15.0. The van der Waals surface area contributed by atoms with Gasteiger partial charge in [-0.05, 0) is 38.1 Å². The Morgan fingerprint density at radius 2 is 1.73 bits per heavy atom. The van der Waals surface area contributed by atoms with Crippen molar-refractivity contribution in [3.63, 3.8) is 0 Å². The molecule has 0 unspecified atom stereocenters. The number of ether oxygens (including phenoxy) is 4. The molecule has 1 heterocycles. The Morgan fingerprint density at radius 1 is 1.02 bits per heavy atom. The largest absolute Gasteiger partial charge is 0.493 e. The van der Waals surface area contributed by atoms with Gasteiger partial charge in [-0.3, -0.25) is 19.4 Å². The molecule has 0 radical (unpaired) electrons. The third-order valence-corrected chi connectivity index (χ3v) is 5.62. The molecule has 6 N–H and O–H groups in total. The molecule has 3 aromatic rings. The number of nitrogens with zero attached hydrogens (tertiary/aromatic N) is 1. The summed E-state index contributed by atoms with van der Waals surface area (Å²) in [4.78, 5) is 40.4. The SMILES string of the molecule is COc1cc2nccc(Oc3ccc(NC(=O)/C(C(N)=O)=C(\C)NC[C@@H](C)OC(=O)CN)cc3F)c2cc1OC. The van der Waals surface area contributed by atoms with Gasteiger partial charge in [-0.25, -0.2) is 4.39 Å². The number of halogens is 1. The van der Waals surface area contributed by atoms with Gasteiger partial charge in [-0.1, -0.05) is 0 Å². The maximum Gasteiger partial charge on any atom is 0.320 e. The number of rotatable bonds is 12. The number of fused-ring (bicyclic) bond motifs is 1. The summed E-state index contributed by atoms with van der Waals surface area (Å²) in [6.07, 6.45) is 0.915. The number of nitrogens with two attached hydrogens (primary N) is 2. The molecule has 13 heteroatoms. The van der Waals surface area contributed by atoms with Crippen molar-refractivity contribution in [3.05, 3.63) is 59.7 Å². The first-order valence-corrected chi connectivity index (χ1v) is 12.0. The number of carbonyl (C=O) groups is 3. The van der Waals surface area contributed by atoms with Gasteiger partial charge in [0.25, 0.3) is 11.8 Å². The van der Waals surface area contributed by atoms with E-state index in [0.717, 1.165) is 6.07 Å². The number of methoxy groups -OCH3 is 2. The van der Waals surface area contributed by atoms with E-state index in [1.165, 1.54) is 39.5 Å². The van der Waals surface area contributed by atoms with Crippen LogP contribution in [0.25, 0.3) is 10.9 Å². The van der Waals surface area contributed by atoms with Gasteiger partial charge in [0.1, 0.15) is 17.4 Å². The molecule has 212 valence electrons. The standard InChI is InChI=1S/C27H30FN5O7/c1-14(39-24(34)12-29)13-32-15(2)25(26(30)35)27(36)33-16-5-6-21(18(28)9-16)40-20-7-8-31-19-11-23(38-4)22(37-3)10-17(19)20/h5-11,14,32H,12-13,29H2,1-4H3,(H2,30,35)(H,33,36)/b25-15+/t14-/m1/s1. The first-order valence-electron chi connectivity index (χ1n) is 12.0. The highest BCUT2D eigenvalue weighted by atomic mass is 19.1. The average molecular weight is 556 g/mol. The van der Waals surface area contributed by atoms with Gasteiger partial charge < -0.3 is 41.0 Å². The fraction of sp³-hybridized carbons (Fsp3) is 0.259. The second-order valence-corrected chi connectivity index (χ2v) is 8.48. The number of anilines is 1. The van der Waals surface area contributed by atoms with Gasteiger partial charge in [0.2, 0.25) is 0 Å². The van der Waals surface area contributed by atoms with Gasteiger partial charge >= 0.3 is 5.97 Å². The van der Waals surface area contributed by atoms with Crippen molar-refractivity contribution in [2.45, 2.75) is 20.0 Å². The van der Waals surface area contributed by atoms with Crippen LogP contribution in [-0.2, 0) is 19.1 Å². The van der Waals surface area contributed by atoms with Gasteiger partial charge in [0.15, 0.2) is 23.1 Å². The Balaban J connectivity index is 1.77. The fourth-order valence-electron chi connectivity index (χ4n) is 3.68. The molecule has 0 spiro atoms. The summed E-state index contributed by atoms with van der Waals surface area (Å²) in [5.74, 6) is -2.14. The Morgan fingerprint density at radius 3 is 2.35 bits per heavy atom. The normalized spacial score (nSPS) is 12.2. The van der Waals surface area contributed by atoms with E-state index >= 15 is 4.39 Å². The molecule has 0 bridgehead atoms. The third kappa shape index (κ3) is 7.14. The van der Waals surface area contributed by atoms with Crippen LogP contribution < -0.4 is 36.3 Å². The molecule has 0 saturated carbocycles. The van der Waals surface area contributed by atoms with Crippen LogP contribution in [0.3, 0.4) is 0 Å². The van der Waals surface area contributed by atoms with Crippen molar-refractivity contribution < 1.29 is 37.7 Å². The quantitative estimate of drug-likeness (QED) is 0.112. The molecule has 0 aliphatic carbocycles. The van der Waals surface area contributed by atoms with Crippen LogP contribution in [0.1, 0.15) is 13.8 Å². The minimum absolute atomic E-state index is 0.0534. The summed E-state index contributed by atoms with van der Waals surface area (Å²) in [5, 5.41) is 5.83. The predicted octanol–water partition coefficient (Wildman–Crippen LogP) is 2.36. The second-order valence-electron chi connectivity index (χ2n) is 8.48. The van der Waals surface area contributed by atoms with Crippen LogP contribution >= 0.6 is 0 Å². The molecule has 2 amide bonds. The first-order chi connectivity index (χ1) is 19.1. The van der Waals surface area contributed by atoms with E-state index in [4.69, 9.17) is 30.4 Å². The van der Waals surface area contributed by atoms with Crippen LogP contribution in [0.4, 0.5) is 10.1 Å². The number of amides is 2. The summed E-state index contributed by atoms with van der Waals surface area (Å²) in [6.45, 7) is 2.87. The molecule has 0 saturated heterocycles. The van der Waals surface area contributed by atoms with Gasteiger partial charge in [0.05, 0.1) is 32.8 Å². The summed E-state index contributed by atoms with van der Waals surface area (Å²) in [6, 6.07) is 8.67. The highest BCUT2D eigenvalue weighted by Crippen LogP contribution is 2.37. The molecule has 0 fully saturated rings. The van der Waals surface area contributed by atoms with Crippen molar-refractivity contribution in [1.82, 2.24) is 10.3 Å². The Kier molecular flexibility index (Phi) is 9.81. The minimum Gasteiger partial charge on any atom is -0.493 e. The molecule has 0 aliphatic rings. The van der Waals surface area contributed by atoms with Crippen LogP contribution in [0.2, 0.25) is 0 Å². The predicted molar refractivity (Wildman–Crippen MR) is 144 cm³/mol.